The Morgan fingerprint density at radius 1 is 1.35 bits per heavy atom. The molecule has 1 amide bonds. The highest BCUT2D eigenvalue weighted by Gasteiger charge is 2.10. The molecule has 0 bridgehead atoms. The van der Waals surface area contributed by atoms with Gasteiger partial charge in [-0.3, -0.25) is 9.59 Å². The summed E-state index contributed by atoms with van der Waals surface area (Å²) in [4.78, 5) is 24.6. The summed E-state index contributed by atoms with van der Waals surface area (Å²) in [5, 5.41) is 11.2. The molecule has 0 aliphatic rings. The van der Waals surface area contributed by atoms with Crippen LogP contribution >= 0.6 is 0 Å². The SMILES string of the molecule is O=C(O)CNC(=O)c1cc2cc(F)ccc2[nH]1. The molecule has 2 aromatic rings. The van der Waals surface area contributed by atoms with Crippen LogP contribution in [0.25, 0.3) is 10.9 Å². The maximum absolute atomic E-state index is 12.9. The first kappa shape index (κ1) is 11.1. The Bertz CT molecular complexity index is 591. The quantitative estimate of drug-likeness (QED) is 0.746. The summed E-state index contributed by atoms with van der Waals surface area (Å²) in [5.74, 6) is -2.06. The standard InChI is InChI=1S/C11H9FN2O3/c12-7-1-2-8-6(3-7)4-9(14-8)11(17)13-5-10(15)16/h1-4,14H,5H2,(H,13,17)(H,15,16). The number of carboxylic acid groups (broad SMARTS) is 1. The zero-order valence-electron chi connectivity index (χ0n) is 8.66. The molecule has 1 aromatic carbocycles. The summed E-state index contributed by atoms with van der Waals surface area (Å²) in [6.45, 7) is -0.456. The summed E-state index contributed by atoms with van der Waals surface area (Å²) < 4.78 is 12.9. The van der Waals surface area contributed by atoms with Crippen LogP contribution in [-0.4, -0.2) is 28.5 Å². The van der Waals surface area contributed by atoms with Gasteiger partial charge in [-0.25, -0.2) is 4.39 Å². The molecule has 1 heterocycles. The van der Waals surface area contributed by atoms with Crippen LogP contribution in [0, 0.1) is 5.82 Å². The van der Waals surface area contributed by atoms with Crippen molar-refractivity contribution in [3.63, 3.8) is 0 Å². The molecule has 3 N–H and O–H groups in total. The Kier molecular flexibility index (Phi) is 2.78. The van der Waals surface area contributed by atoms with Crippen molar-refractivity contribution in [1.82, 2.24) is 10.3 Å². The maximum Gasteiger partial charge on any atom is 0.322 e. The number of benzene rings is 1. The number of nitrogens with one attached hydrogen (secondary N) is 2. The van der Waals surface area contributed by atoms with Crippen LogP contribution in [-0.2, 0) is 4.79 Å². The third kappa shape index (κ3) is 2.41. The lowest BCUT2D eigenvalue weighted by atomic mass is 10.2. The largest absolute Gasteiger partial charge is 0.480 e. The molecule has 6 heteroatoms. The van der Waals surface area contributed by atoms with E-state index in [4.69, 9.17) is 5.11 Å². The minimum atomic E-state index is -1.12. The molecule has 0 atom stereocenters. The summed E-state index contributed by atoms with van der Waals surface area (Å²) in [7, 11) is 0. The van der Waals surface area contributed by atoms with Gasteiger partial charge < -0.3 is 15.4 Å². The molecule has 17 heavy (non-hydrogen) atoms. The minimum Gasteiger partial charge on any atom is -0.480 e. The fraction of sp³-hybridized carbons (Fsp3) is 0.0909. The van der Waals surface area contributed by atoms with Gasteiger partial charge in [0.15, 0.2) is 0 Å². The van der Waals surface area contributed by atoms with Crippen molar-refractivity contribution in [2.24, 2.45) is 0 Å². The monoisotopic (exact) mass is 236 g/mol. The van der Waals surface area contributed by atoms with Crippen molar-refractivity contribution in [3.05, 3.63) is 35.8 Å². The van der Waals surface area contributed by atoms with Gasteiger partial charge in [0.2, 0.25) is 0 Å². The van der Waals surface area contributed by atoms with E-state index in [-0.39, 0.29) is 5.69 Å². The van der Waals surface area contributed by atoms with Crippen molar-refractivity contribution < 1.29 is 19.1 Å². The van der Waals surface area contributed by atoms with Crippen LogP contribution in [0.1, 0.15) is 10.5 Å². The molecular weight excluding hydrogens is 227 g/mol. The molecule has 0 saturated heterocycles. The number of fused-ring (bicyclic) bond motifs is 1. The number of halogens is 1. The van der Waals surface area contributed by atoms with E-state index in [0.717, 1.165) is 0 Å². The van der Waals surface area contributed by atoms with Gasteiger partial charge in [-0.2, -0.15) is 0 Å². The Morgan fingerprint density at radius 3 is 2.82 bits per heavy atom. The van der Waals surface area contributed by atoms with Gasteiger partial charge in [0, 0.05) is 10.9 Å². The third-order valence-corrected chi connectivity index (χ3v) is 2.23. The van der Waals surface area contributed by atoms with Crippen molar-refractivity contribution in [2.45, 2.75) is 0 Å². The maximum atomic E-state index is 12.9. The zero-order valence-corrected chi connectivity index (χ0v) is 8.66. The second-order valence-corrected chi connectivity index (χ2v) is 3.49. The lowest BCUT2D eigenvalue weighted by Gasteiger charge is -1.98. The van der Waals surface area contributed by atoms with E-state index in [2.05, 4.69) is 10.3 Å². The van der Waals surface area contributed by atoms with E-state index in [1.807, 2.05) is 0 Å². The lowest BCUT2D eigenvalue weighted by Crippen LogP contribution is -2.29. The highest BCUT2D eigenvalue weighted by atomic mass is 19.1. The average Bonchev–Trinajstić information content (AvgIpc) is 2.68. The molecule has 0 fully saturated rings. The third-order valence-electron chi connectivity index (χ3n) is 2.23. The molecule has 88 valence electrons. The van der Waals surface area contributed by atoms with Crippen LogP contribution in [0.2, 0.25) is 0 Å². The fourth-order valence-corrected chi connectivity index (χ4v) is 1.48. The van der Waals surface area contributed by atoms with Crippen molar-refractivity contribution in [2.75, 3.05) is 6.54 Å². The number of carbonyl (C=O) groups excluding carboxylic acids is 1. The number of hydrogen-bond donors (Lipinski definition) is 3. The van der Waals surface area contributed by atoms with E-state index in [1.54, 1.807) is 0 Å². The van der Waals surface area contributed by atoms with Gasteiger partial charge in [-0.15, -0.1) is 0 Å². The number of rotatable bonds is 3. The van der Waals surface area contributed by atoms with Crippen LogP contribution < -0.4 is 5.32 Å². The molecule has 0 spiro atoms. The first-order valence-electron chi connectivity index (χ1n) is 4.84. The highest BCUT2D eigenvalue weighted by Crippen LogP contribution is 2.16. The van der Waals surface area contributed by atoms with E-state index in [0.29, 0.717) is 10.9 Å². The molecule has 0 aliphatic heterocycles. The number of carbonyl (C=O) groups is 2. The average molecular weight is 236 g/mol. The predicted octanol–water partition coefficient (Wildman–Crippen LogP) is 1.12. The van der Waals surface area contributed by atoms with Gasteiger partial charge in [0.05, 0.1) is 0 Å². The number of aliphatic carboxylic acids is 1. The zero-order chi connectivity index (χ0) is 12.4. The Balaban J connectivity index is 2.24. The molecular formula is C11H9FN2O3. The van der Waals surface area contributed by atoms with E-state index >= 15 is 0 Å². The van der Waals surface area contributed by atoms with E-state index in [9.17, 15) is 14.0 Å². The Hall–Kier alpha value is -2.37. The Labute approximate surface area is 95.2 Å². The summed E-state index contributed by atoms with van der Waals surface area (Å²) >= 11 is 0. The normalized spacial score (nSPS) is 10.4. The Morgan fingerprint density at radius 2 is 2.12 bits per heavy atom. The number of amides is 1. The predicted molar refractivity (Wildman–Crippen MR) is 58.2 cm³/mol. The smallest absolute Gasteiger partial charge is 0.322 e. The highest BCUT2D eigenvalue weighted by molar-refractivity contribution is 5.99. The molecule has 0 unspecified atom stereocenters. The topological polar surface area (TPSA) is 82.2 Å². The molecule has 0 radical (unpaired) electrons. The van der Waals surface area contributed by atoms with Gasteiger partial charge >= 0.3 is 5.97 Å². The minimum absolute atomic E-state index is 0.201. The molecule has 5 nitrogen and oxygen atoms in total. The summed E-state index contributed by atoms with van der Waals surface area (Å²) in [5.41, 5.74) is 0.818. The number of H-pyrrole nitrogens is 1. The van der Waals surface area contributed by atoms with Crippen molar-refractivity contribution >= 4 is 22.8 Å². The van der Waals surface area contributed by atoms with Crippen LogP contribution in [0.3, 0.4) is 0 Å². The van der Waals surface area contributed by atoms with E-state index in [1.165, 1.54) is 24.3 Å². The van der Waals surface area contributed by atoms with Gasteiger partial charge in [-0.1, -0.05) is 0 Å². The first-order valence-corrected chi connectivity index (χ1v) is 4.84. The number of carboxylic acids is 1. The van der Waals surface area contributed by atoms with E-state index < -0.39 is 24.2 Å². The van der Waals surface area contributed by atoms with Crippen molar-refractivity contribution in [3.8, 4) is 0 Å². The van der Waals surface area contributed by atoms with Gasteiger partial charge in [-0.05, 0) is 24.3 Å². The second-order valence-electron chi connectivity index (χ2n) is 3.49. The number of aromatic nitrogens is 1. The summed E-state index contributed by atoms with van der Waals surface area (Å²) in [6.07, 6.45) is 0. The molecule has 1 aromatic heterocycles. The molecule has 0 saturated carbocycles. The van der Waals surface area contributed by atoms with Crippen LogP contribution in [0.4, 0.5) is 4.39 Å². The van der Waals surface area contributed by atoms with Gasteiger partial charge in [0.1, 0.15) is 18.1 Å². The van der Waals surface area contributed by atoms with Gasteiger partial charge in [0.25, 0.3) is 5.91 Å². The van der Waals surface area contributed by atoms with Crippen molar-refractivity contribution in [1.29, 1.82) is 0 Å². The van der Waals surface area contributed by atoms with Crippen LogP contribution in [0.5, 0.6) is 0 Å². The second kappa shape index (κ2) is 4.25. The number of aromatic amines is 1. The molecule has 0 aliphatic carbocycles. The molecule has 2 rings (SSSR count). The van der Waals surface area contributed by atoms with Crippen LogP contribution in [0.15, 0.2) is 24.3 Å². The summed E-state index contributed by atoms with van der Waals surface area (Å²) in [6, 6.07) is 5.55. The number of hydrogen-bond acceptors (Lipinski definition) is 2. The first-order chi connectivity index (χ1) is 8.06. The lowest BCUT2D eigenvalue weighted by molar-refractivity contribution is -0.135. The fourth-order valence-electron chi connectivity index (χ4n) is 1.48.